The zero-order valence-corrected chi connectivity index (χ0v) is 11.9. The smallest absolute Gasteiger partial charge is 0.314 e. The molecule has 2 amide bonds. The van der Waals surface area contributed by atoms with Crippen LogP contribution in [0.15, 0.2) is 0 Å². The van der Waals surface area contributed by atoms with E-state index in [1.165, 1.54) is 37.0 Å². The van der Waals surface area contributed by atoms with E-state index in [1.54, 1.807) is 0 Å². The van der Waals surface area contributed by atoms with Crippen molar-refractivity contribution < 1.29 is 14.7 Å². The van der Waals surface area contributed by atoms with Crippen molar-refractivity contribution in [2.24, 2.45) is 17.6 Å². The number of carboxylic acids is 1. The van der Waals surface area contributed by atoms with E-state index >= 15 is 0 Å². The number of rotatable bonds is 4. The Bertz CT molecular complexity index is 334. The number of nitrogens with zero attached hydrogens (tertiary/aromatic N) is 1. The number of carbonyl (C=O) groups is 2. The Hall–Kier alpha value is -1.30. The second kappa shape index (κ2) is 6.92. The molecule has 2 rings (SSSR count). The maximum absolute atomic E-state index is 11.3. The first kappa shape index (κ1) is 15.1. The molecule has 0 aromatic rings. The fraction of sp³-hybridized carbons (Fsp3) is 0.857. The molecule has 1 aliphatic heterocycles. The third kappa shape index (κ3) is 4.10. The first-order valence-electron chi connectivity index (χ1n) is 7.57. The Balaban J connectivity index is 1.85. The minimum Gasteiger partial charge on any atom is -0.481 e. The van der Waals surface area contributed by atoms with Gasteiger partial charge >= 0.3 is 12.0 Å². The molecule has 1 saturated carbocycles. The molecule has 0 radical (unpaired) electrons. The highest BCUT2D eigenvalue weighted by atomic mass is 16.4. The van der Waals surface area contributed by atoms with Crippen molar-refractivity contribution in [2.45, 2.75) is 44.6 Å². The molecule has 6 nitrogen and oxygen atoms in total. The third-order valence-electron chi connectivity index (χ3n) is 4.53. The van der Waals surface area contributed by atoms with Gasteiger partial charge in [-0.1, -0.05) is 19.3 Å². The standard InChI is InChI=1S/C14H25N3O3/c15-14(20)17-8-11(13(18)19)6-12(9-17)16-7-10-4-2-1-3-5-10/h10-12,16H,1-9H2,(H2,15,20)(H,18,19). The summed E-state index contributed by atoms with van der Waals surface area (Å²) in [5.74, 6) is -0.670. The SMILES string of the molecule is NC(=O)N1CC(NCC2CCCCC2)CC(C(=O)O)C1. The van der Waals surface area contributed by atoms with E-state index in [0.29, 0.717) is 18.9 Å². The van der Waals surface area contributed by atoms with E-state index in [9.17, 15) is 9.59 Å². The predicted molar refractivity (Wildman–Crippen MR) is 75.3 cm³/mol. The van der Waals surface area contributed by atoms with Crippen LogP contribution >= 0.6 is 0 Å². The van der Waals surface area contributed by atoms with Gasteiger partial charge in [-0.15, -0.1) is 0 Å². The lowest BCUT2D eigenvalue weighted by Gasteiger charge is -2.36. The van der Waals surface area contributed by atoms with Crippen LogP contribution in [0.2, 0.25) is 0 Å². The molecular formula is C14H25N3O3. The lowest BCUT2D eigenvalue weighted by Crippen LogP contribution is -2.54. The molecule has 6 heteroatoms. The van der Waals surface area contributed by atoms with Crippen molar-refractivity contribution >= 4 is 12.0 Å². The van der Waals surface area contributed by atoms with Crippen LogP contribution in [0.3, 0.4) is 0 Å². The van der Waals surface area contributed by atoms with Gasteiger partial charge in [-0.3, -0.25) is 4.79 Å². The normalized spacial score (nSPS) is 28.3. The Morgan fingerprint density at radius 3 is 2.50 bits per heavy atom. The molecule has 20 heavy (non-hydrogen) atoms. The molecule has 1 heterocycles. The maximum atomic E-state index is 11.3. The van der Waals surface area contributed by atoms with Crippen molar-refractivity contribution in [1.82, 2.24) is 10.2 Å². The van der Waals surface area contributed by atoms with Crippen molar-refractivity contribution in [2.75, 3.05) is 19.6 Å². The number of piperidine rings is 1. The molecule has 0 aromatic heterocycles. The number of hydrogen-bond donors (Lipinski definition) is 3. The van der Waals surface area contributed by atoms with Gasteiger partial charge in [0.15, 0.2) is 0 Å². The number of carboxylic acid groups (broad SMARTS) is 1. The number of aliphatic carboxylic acids is 1. The molecule has 2 unspecified atom stereocenters. The van der Waals surface area contributed by atoms with Gasteiger partial charge in [0, 0.05) is 19.1 Å². The molecular weight excluding hydrogens is 258 g/mol. The monoisotopic (exact) mass is 283 g/mol. The molecule has 1 aliphatic carbocycles. The van der Waals surface area contributed by atoms with Crippen molar-refractivity contribution in [3.8, 4) is 0 Å². The third-order valence-corrected chi connectivity index (χ3v) is 4.53. The number of urea groups is 1. The first-order valence-corrected chi connectivity index (χ1v) is 7.57. The molecule has 0 spiro atoms. The van der Waals surface area contributed by atoms with E-state index in [1.807, 2.05) is 0 Å². The van der Waals surface area contributed by atoms with Crippen LogP contribution in [-0.2, 0) is 4.79 Å². The zero-order chi connectivity index (χ0) is 14.5. The van der Waals surface area contributed by atoms with Gasteiger partial charge in [0.1, 0.15) is 0 Å². The fourth-order valence-corrected chi connectivity index (χ4v) is 3.33. The zero-order valence-electron chi connectivity index (χ0n) is 11.9. The Kier molecular flexibility index (Phi) is 5.23. The largest absolute Gasteiger partial charge is 0.481 e. The summed E-state index contributed by atoms with van der Waals surface area (Å²) < 4.78 is 0. The average Bonchev–Trinajstić information content (AvgIpc) is 2.45. The first-order chi connectivity index (χ1) is 9.56. The molecule has 0 bridgehead atoms. The maximum Gasteiger partial charge on any atom is 0.314 e. The second-order valence-corrected chi connectivity index (χ2v) is 6.12. The second-order valence-electron chi connectivity index (χ2n) is 6.12. The Morgan fingerprint density at radius 1 is 1.20 bits per heavy atom. The number of nitrogens with two attached hydrogens (primary N) is 1. The summed E-state index contributed by atoms with van der Waals surface area (Å²) in [6.45, 7) is 1.67. The van der Waals surface area contributed by atoms with Gasteiger partial charge in [-0.05, 0) is 31.7 Å². The highest BCUT2D eigenvalue weighted by Crippen LogP contribution is 2.24. The fourth-order valence-electron chi connectivity index (χ4n) is 3.33. The van der Waals surface area contributed by atoms with Crippen LogP contribution in [0.4, 0.5) is 4.79 Å². The van der Waals surface area contributed by atoms with Gasteiger partial charge in [-0.25, -0.2) is 4.79 Å². The van der Waals surface area contributed by atoms with Gasteiger partial charge in [0.25, 0.3) is 0 Å². The summed E-state index contributed by atoms with van der Waals surface area (Å²) in [5, 5.41) is 12.6. The van der Waals surface area contributed by atoms with Gasteiger partial charge in [0.2, 0.25) is 0 Å². The molecule has 2 atom stereocenters. The van der Waals surface area contributed by atoms with Crippen LogP contribution in [0, 0.1) is 11.8 Å². The molecule has 114 valence electrons. The Labute approximate surface area is 119 Å². The minimum atomic E-state index is -0.847. The highest BCUT2D eigenvalue weighted by molar-refractivity contribution is 5.75. The van der Waals surface area contributed by atoms with Crippen LogP contribution in [-0.4, -0.2) is 47.7 Å². The van der Waals surface area contributed by atoms with E-state index in [-0.39, 0.29) is 12.6 Å². The number of hydrogen-bond acceptors (Lipinski definition) is 3. The number of carbonyl (C=O) groups excluding carboxylic acids is 1. The van der Waals surface area contributed by atoms with E-state index in [2.05, 4.69) is 5.32 Å². The number of likely N-dealkylation sites (tertiary alicyclic amines) is 1. The van der Waals surface area contributed by atoms with Crippen LogP contribution in [0.25, 0.3) is 0 Å². The minimum absolute atomic E-state index is 0.0410. The van der Waals surface area contributed by atoms with Crippen molar-refractivity contribution in [3.63, 3.8) is 0 Å². The van der Waals surface area contributed by atoms with Gasteiger partial charge in [0.05, 0.1) is 5.92 Å². The van der Waals surface area contributed by atoms with Crippen molar-refractivity contribution in [1.29, 1.82) is 0 Å². The summed E-state index contributed by atoms with van der Waals surface area (Å²) in [5.41, 5.74) is 5.30. The summed E-state index contributed by atoms with van der Waals surface area (Å²) in [4.78, 5) is 23.9. The average molecular weight is 283 g/mol. The summed E-state index contributed by atoms with van der Waals surface area (Å²) in [6, 6.07) is -0.486. The summed E-state index contributed by atoms with van der Waals surface area (Å²) in [6.07, 6.45) is 7.00. The quantitative estimate of drug-likeness (QED) is 0.717. The number of primary amides is 1. The Morgan fingerprint density at radius 2 is 1.90 bits per heavy atom. The topological polar surface area (TPSA) is 95.7 Å². The summed E-state index contributed by atoms with van der Waals surface area (Å²) in [7, 11) is 0. The van der Waals surface area contributed by atoms with E-state index < -0.39 is 17.9 Å². The van der Waals surface area contributed by atoms with E-state index in [0.717, 1.165) is 6.54 Å². The lowest BCUT2D eigenvalue weighted by molar-refractivity contribution is -0.143. The summed E-state index contributed by atoms with van der Waals surface area (Å²) >= 11 is 0. The lowest BCUT2D eigenvalue weighted by atomic mass is 9.88. The molecule has 2 fully saturated rings. The molecule has 2 aliphatic rings. The van der Waals surface area contributed by atoms with Gasteiger partial charge in [-0.2, -0.15) is 0 Å². The van der Waals surface area contributed by atoms with Crippen molar-refractivity contribution in [3.05, 3.63) is 0 Å². The van der Waals surface area contributed by atoms with E-state index in [4.69, 9.17) is 10.8 Å². The van der Waals surface area contributed by atoms with Crippen LogP contribution in [0.1, 0.15) is 38.5 Å². The van der Waals surface area contributed by atoms with Gasteiger partial charge < -0.3 is 21.1 Å². The van der Waals surface area contributed by atoms with Crippen LogP contribution < -0.4 is 11.1 Å². The number of nitrogens with one attached hydrogen (secondary N) is 1. The predicted octanol–water partition coefficient (Wildman–Crippen LogP) is 1.01. The highest BCUT2D eigenvalue weighted by Gasteiger charge is 2.33. The molecule has 1 saturated heterocycles. The molecule has 0 aromatic carbocycles. The number of amides is 2. The molecule has 4 N–H and O–H groups in total. The van der Waals surface area contributed by atoms with Crippen LogP contribution in [0.5, 0.6) is 0 Å².